The molecule has 0 amide bonds. The quantitative estimate of drug-likeness (QED) is 0.731. The molecular formula is C9H16ClNO2S. The van der Waals surface area contributed by atoms with Crippen LogP contribution in [0.5, 0.6) is 0 Å². The number of halogens is 1. The predicted octanol–water partition coefficient (Wildman–Crippen LogP) is 1.86. The Morgan fingerprint density at radius 1 is 1.36 bits per heavy atom. The van der Waals surface area contributed by atoms with Crippen molar-refractivity contribution < 1.29 is 9.90 Å². The molecule has 1 aliphatic carbocycles. The predicted molar refractivity (Wildman–Crippen MR) is 60.1 cm³/mol. The van der Waals surface area contributed by atoms with Gasteiger partial charge in [-0.15, -0.1) is 24.2 Å². The molecule has 0 radical (unpaired) electrons. The van der Waals surface area contributed by atoms with Crippen LogP contribution in [0.15, 0.2) is 0 Å². The zero-order valence-corrected chi connectivity index (χ0v) is 9.62. The Morgan fingerprint density at radius 3 is 2.50 bits per heavy atom. The van der Waals surface area contributed by atoms with E-state index >= 15 is 0 Å². The molecular weight excluding hydrogens is 222 g/mol. The Balaban J connectivity index is 0.000000980. The van der Waals surface area contributed by atoms with Crippen LogP contribution in [-0.2, 0) is 4.79 Å². The number of carboxylic acid groups (broad SMARTS) is 1. The minimum absolute atomic E-state index is 0. The van der Waals surface area contributed by atoms with Crippen molar-refractivity contribution in [2.75, 3.05) is 5.75 Å². The van der Waals surface area contributed by atoms with E-state index in [1.165, 1.54) is 19.3 Å². The van der Waals surface area contributed by atoms with Crippen molar-refractivity contribution in [3.8, 4) is 0 Å². The van der Waals surface area contributed by atoms with Gasteiger partial charge >= 0.3 is 5.97 Å². The second-order valence-corrected chi connectivity index (χ2v) is 5.30. The smallest absolute Gasteiger partial charge is 0.321 e. The molecule has 3 nitrogen and oxygen atoms in total. The maximum Gasteiger partial charge on any atom is 0.321 e. The van der Waals surface area contributed by atoms with Gasteiger partial charge in [0, 0.05) is 5.75 Å². The number of nitrogens with one attached hydrogen (secondary N) is 1. The third-order valence-electron chi connectivity index (χ3n) is 2.92. The molecule has 1 spiro atoms. The minimum atomic E-state index is -0.699. The summed E-state index contributed by atoms with van der Waals surface area (Å²) in [5.74, 6) is 0.0324. The van der Waals surface area contributed by atoms with Gasteiger partial charge in [-0.2, -0.15) is 0 Å². The number of carbonyl (C=O) groups is 1. The number of rotatable bonds is 1. The normalized spacial score (nSPS) is 29.9. The number of carboxylic acids is 1. The van der Waals surface area contributed by atoms with Crippen molar-refractivity contribution >= 4 is 30.1 Å². The molecule has 1 atom stereocenters. The first-order chi connectivity index (χ1) is 6.22. The summed E-state index contributed by atoms with van der Waals surface area (Å²) in [5, 5.41) is 12.1. The van der Waals surface area contributed by atoms with Crippen LogP contribution in [0.2, 0.25) is 0 Å². The van der Waals surface area contributed by atoms with Gasteiger partial charge in [-0.05, 0) is 12.8 Å². The highest BCUT2D eigenvalue weighted by atomic mass is 35.5. The highest BCUT2D eigenvalue weighted by Crippen LogP contribution is 2.42. The highest BCUT2D eigenvalue weighted by Gasteiger charge is 2.42. The standard InChI is InChI=1S/C9H15NO2S.ClH/c11-8(12)7-6-13-9(10-7)4-2-1-3-5-9;/h7,10H,1-6H2,(H,11,12);1H/t7-;/m1./s1. The molecule has 2 aliphatic rings. The summed E-state index contributed by atoms with van der Waals surface area (Å²) < 4.78 is 0. The molecule has 14 heavy (non-hydrogen) atoms. The molecule has 0 unspecified atom stereocenters. The van der Waals surface area contributed by atoms with Crippen LogP contribution in [0.1, 0.15) is 32.1 Å². The topological polar surface area (TPSA) is 49.3 Å². The molecule has 1 heterocycles. The van der Waals surface area contributed by atoms with Gasteiger partial charge in [-0.3, -0.25) is 10.1 Å². The summed E-state index contributed by atoms with van der Waals surface area (Å²) in [7, 11) is 0. The lowest BCUT2D eigenvalue weighted by Crippen LogP contribution is -2.46. The number of hydrogen-bond acceptors (Lipinski definition) is 3. The van der Waals surface area contributed by atoms with Crippen molar-refractivity contribution in [2.24, 2.45) is 0 Å². The van der Waals surface area contributed by atoms with Crippen molar-refractivity contribution in [3.05, 3.63) is 0 Å². The fourth-order valence-electron chi connectivity index (χ4n) is 2.19. The largest absolute Gasteiger partial charge is 0.480 e. The second kappa shape index (κ2) is 4.73. The fourth-order valence-corrected chi connectivity index (χ4v) is 3.70. The van der Waals surface area contributed by atoms with Gasteiger partial charge in [0.05, 0.1) is 4.87 Å². The third-order valence-corrected chi connectivity index (χ3v) is 4.50. The van der Waals surface area contributed by atoms with E-state index in [2.05, 4.69) is 5.32 Å². The van der Waals surface area contributed by atoms with Crippen LogP contribution in [0.3, 0.4) is 0 Å². The molecule has 0 aromatic carbocycles. The maximum absolute atomic E-state index is 10.8. The maximum atomic E-state index is 10.8. The molecule has 1 saturated carbocycles. The summed E-state index contributed by atoms with van der Waals surface area (Å²) in [6, 6.07) is -0.317. The third kappa shape index (κ3) is 2.35. The molecule has 1 saturated heterocycles. The van der Waals surface area contributed by atoms with E-state index in [1.807, 2.05) is 11.8 Å². The minimum Gasteiger partial charge on any atom is -0.480 e. The first-order valence-corrected chi connectivity index (χ1v) is 5.85. The summed E-state index contributed by atoms with van der Waals surface area (Å²) in [6.07, 6.45) is 6.07. The van der Waals surface area contributed by atoms with Gasteiger partial charge in [0.2, 0.25) is 0 Å². The zero-order chi connectivity index (χ0) is 9.31. The Morgan fingerprint density at radius 2 is 2.00 bits per heavy atom. The van der Waals surface area contributed by atoms with Gasteiger partial charge in [-0.25, -0.2) is 0 Å². The Hall–Kier alpha value is 0.0700. The molecule has 2 N–H and O–H groups in total. The molecule has 0 aromatic heterocycles. The van der Waals surface area contributed by atoms with E-state index in [1.54, 1.807) is 0 Å². The van der Waals surface area contributed by atoms with Crippen LogP contribution >= 0.6 is 24.2 Å². The Kier molecular flexibility index (Phi) is 4.10. The van der Waals surface area contributed by atoms with E-state index in [9.17, 15) is 4.79 Å². The van der Waals surface area contributed by atoms with Gasteiger partial charge < -0.3 is 5.11 Å². The average Bonchev–Trinajstić information content (AvgIpc) is 2.51. The number of hydrogen-bond donors (Lipinski definition) is 2. The van der Waals surface area contributed by atoms with E-state index in [0.29, 0.717) is 0 Å². The molecule has 82 valence electrons. The Labute approximate surface area is 94.4 Å². The molecule has 0 bridgehead atoms. The fraction of sp³-hybridized carbons (Fsp3) is 0.889. The lowest BCUT2D eigenvalue weighted by atomic mass is 9.94. The molecule has 0 aromatic rings. The van der Waals surface area contributed by atoms with Crippen LogP contribution in [0.25, 0.3) is 0 Å². The van der Waals surface area contributed by atoms with Crippen molar-refractivity contribution in [2.45, 2.75) is 43.0 Å². The van der Waals surface area contributed by atoms with Gasteiger partial charge in [0.1, 0.15) is 6.04 Å². The summed E-state index contributed by atoms with van der Waals surface area (Å²) in [5.41, 5.74) is 0. The molecule has 5 heteroatoms. The van der Waals surface area contributed by atoms with Crippen molar-refractivity contribution in [3.63, 3.8) is 0 Å². The van der Waals surface area contributed by atoms with Gasteiger partial charge in [0.25, 0.3) is 0 Å². The second-order valence-electron chi connectivity index (χ2n) is 3.90. The summed E-state index contributed by atoms with van der Waals surface area (Å²) in [4.78, 5) is 10.9. The van der Waals surface area contributed by atoms with E-state index in [4.69, 9.17) is 5.11 Å². The average molecular weight is 238 g/mol. The zero-order valence-electron chi connectivity index (χ0n) is 7.99. The van der Waals surface area contributed by atoms with Crippen LogP contribution in [0.4, 0.5) is 0 Å². The van der Waals surface area contributed by atoms with Crippen molar-refractivity contribution in [1.29, 1.82) is 0 Å². The molecule has 2 rings (SSSR count). The SMILES string of the molecule is Cl.O=C(O)[C@H]1CSC2(CCCCC2)N1. The monoisotopic (exact) mass is 237 g/mol. The lowest BCUT2D eigenvalue weighted by Gasteiger charge is -2.32. The van der Waals surface area contributed by atoms with Gasteiger partial charge in [-0.1, -0.05) is 19.3 Å². The first kappa shape index (κ1) is 12.1. The molecule has 1 aliphatic heterocycles. The van der Waals surface area contributed by atoms with Crippen LogP contribution < -0.4 is 5.32 Å². The summed E-state index contributed by atoms with van der Waals surface area (Å²) in [6.45, 7) is 0. The molecule has 2 fully saturated rings. The van der Waals surface area contributed by atoms with E-state index in [-0.39, 0.29) is 23.3 Å². The van der Waals surface area contributed by atoms with E-state index < -0.39 is 5.97 Å². The van der Waals surface area contributed by atoms with Crippen molar-refractivity contribution in [1.82, 2.24) is 5.32 Å². The number of thioether (sulfide) groups is 1. The first-order valence-electron chi connectivity index (χ1n) is 4.86. The van der Waals surface area contributed by atoms with E-state index in [0.717, 1.165) is 18.6 Å². The van der Waals surface area contributed by atoms with Gasteiger partial charge in [0.15, 0.2) is 0 Å². The van der Waals surface area contributed by atoms with Crippen LogP contribution in [-0.4, -0.2) is 27.7 Å². The number of aliphatic carboxylic acids is 1. The van der Waals surface area contributed by atoms with Crippen LogP contribution in [0, 0.1) is 0 Å². The summed E-state index contributed by atoms with van der Waals surface area (Å²) >= 11 is 1.81. The Bertz CT molecular complexity index is 219. The lowest BCUT2D eigenvalue weighted by molar-refractivity contribution is -0.138. The highest BCUT2D eigenvalue weighted by molar-refractivity contribution is 8.00.